The van der Waals surface area contributed by atoms with E-state index in [1.807, 2.05) is 19.1 Å². The van der Waals surface area contributed by atoms with Gasteiger partial charge in [-0.3, -0.25) is 0 Å². The first kappa shape index (κ1) is 10.5. The monoisotopic (exact) mass is 198 g/mol. The van der Waals surface area contributed by atoms with E-state index in [2.05, 4.69) is 4.98 Å². The maximum absolute atomic E-state index is 8.88. The van der Waals surface area contributed by atoms with Gasteiger partial charge in [-0.25, -0.2) is 4.98 Å². The average molecular weight is 198 g/mol. The maximum atomic E-state index is 8.88. The van der Waals surface area contributed by atoms with Gasteiger partial charge in [0.15, 0.2) is 0 Å². The number of nitrogens with two attached hydrogens (primary N) is 1. The van der Waals surface area contributed by atoms with Gasteiger partial charge >= 0.3 is 0 Å². The molecule has 0 radical (unpaired) electrons. The second kappa shape index (κ2) is 5.21. The van der Waals surface area contributed by atoms with Gasteiger partial charge in [0.05, 0.1) is 6.61 Å². The summed E-state index contributed by atoms with van der Waals surface area (Å²) in [6.45, 7) is 2.61. The molecule has 1 aromatic rings. The van der Waals surface area contributed by atoms with Crippen LogP contribution < -0.4 is 5.73 Å². The van der Waals surface area contributed by atoms with Crippen molar-refractivity contribution in [2.75, 3.05) is 6.61 Å². The van der Waals surface area contributed by atoms with Crippen molar-refractivity contribution in [1.29, 1.82) is 0 Å². The van der Waals surface area contributed by atoms with Crippen LogP contribution >= 0.6 is 11.8 Å². The quantitative estimate of drug-likeness (QED) is 0.709. The van der Waals surface area contributed by atoms with Crippen molar-refractivity contribution < 1.29 is 5.11 Å². The molecule has 0 aliphatic carbocycles. The van der Waals surface area contributed by atoms with Crippen molar-refractivity contribution in [3.8, 4) is 0 Å². The van der Waals surface area contributed by atoms with E-state index >= 15 is 0 Å². The number of thioether (sulfide) groups is 1. The standard InChI is InChI=1S/C9H14N2OS/c1-7(6-12)13-9-8(5-10)3-2-4-11-9/h2-4,7,12H,5-6,10H2,1H3. The molecule has 0 aliphatic heterocycles. The van der Waals surface area contributed by atoms with Crippen molar-refractivity contribution in [1.82, 2.24) is 4.98 Å². The average Bonchev–Trinajstić information content (AvgIpc) is 2.18. The molecular formula is C9H14N2OS. The molecule has 1 unspecified atom stereocenters. The zero-order chi connectivity index (χ0) is 9.68. The summed E-state index contributed by atoms with van der Waals surface area (Å²) in [5, 5.41) is 9.97. The molecule has 1 aromatic heterocycles. The minimum Gasteiger partial charge on any atom is -0.395 e. The molecule has 0 aliphatic rings. The second-order valence-electron chi connectivity index (χ2n) is 2.78. The summed E-state index contributed by atoms with van der Waals surface area (Å²) >= 11 is 1.55. The molecule has 0 amide bonds. The predicted molar refractivity (Wildman–Crippen MR) is 54.5 cm³/mol. The Hall–Kier alpha value is -0.580. The lowest BCUT2D eigenvalue weighted by Crippen LogP contribution is -2.05. The normalized spacial score (nSPS) is 12.8. The van der Waals surface area contributed by atoms with E-state index in [1.54, 1.807) is 18.0 Å². The van der Waals surface area contributed by atoms with Crippen LogP contribution in [0.25, 0.3) is 0 Å². The zero-order valence-electron chi connectivity index (χ0n) is 7.60. The third kappa shape index (κ3) is 2.99. The zero-order valence-corrected chi connectivity index (χ0v) is 8.42. The van der Waals surface area contributed by atoms with Gasteiger partial charge in [0.1, 0.15) is 5.03 Å². The summed E-state index contributed by atoms with van der Waals surface area (Å²) in [4.78, 5) is 4.21. The van der Waals surface area contributed by atoms with Crippen LogP contribution in [0.5, 0.6) is 0 Å². The number of hydrogen-bond acceptors (Lipinski definition) is 4. The molecule has 1 rings (SSSR count). The third-order valence-electron chi connectivity index (χ3n) is 1.64. The molecule has 0 aromatic carbocycles. The van der Waals surface area contributed by atoms with Gasteiger partial charge in [0.25, 0.3) is 0 Å². The van der Waals surface area contributed by atoms with Crippen molar-refractivity contribution >= 4 is 11.8 Å². The molecule has 0 saturated heterocycles. The predicted octanol–water partition coefficient (Wildman–Crippen LogP) is 1.01. The van der Waals surface area contributed by atoms with Crippen LogP contribution in [0, 0.1) is 0 Å². The third-order valence-corrected chi connectivity index (χ3v) is 2.78. The molecule has 0 saturated carbocycles. The van der Waals surface area contributed by atoms with Crippen LogP contribution in [0.15, 0.2) is 23.4 Å². The Morgan fingerprint density at radius 1 is 1.69 bits per heavy atom. The Bertz CT molecular complexity index is 268. The van der Waals surface area contributed by atoms with Crippen LogP contribution in [0.4, 0.5) is 0 Å². The molecule has 72 valence electrons. The maximum Gasteiger partial charge on any atom is 0.101 e. The fourth-order valence-corrected chi connectivity index (χ4v) is 1.79. The van der Waals surface area contributed by atoms with Crippen LogP contribution in [0.2, 0.25) is 0 Å². The Labute approximate surface area is 82.4 Å². The first-order valence-corrected chi connectivity index (χ1v) is 5.07. The van der Waals surface area contributed by atoms with Gasteiger partial charge in [0.2, 0.25) is 0 Å². The van der Waals surface area contributed by atoms with E-state index in [4.69, 9.17) is 10.8 Å². The minimum atomic E-state index is 0.158. The lowest BCUT2D eigenvalue weighted by atomic mass is 10.3. The highest BCUT2D eigenvalue weighted by Crippen LogP contribution is 2.23. The molecule has 13 heavy (non-hydrogen) atoms. The van der Waals surface area contributed by atoms with Crippen molar-refractivity contribution in [3.63, 3.8) is 0 Å². The number of nitrogens with zero attached hydrogens (tertiary/aromatic N) is 1. The number of aliphatic hydroxyl groups excluding tert-OH is 1. The van der Waals surface area contributed by atoms with E-state index in [1.165, 1.54) is 0 Å². The van der Waals surface area contributed by atoms with E-state index in [-0.39, 0.29) is 11.9 Å². The van der Waals surface area contributed by atoms with Crippen LogP contribution in [-0.4, -0.2) is 21.9 Å². The van der Waals surface area contributed by atoms with Crippen molar-refractivity contribution in [3.05, 3.63) is 23.9 Å². The number of aromatic nitrogens is 1. The summed E-state index contributed by atoms with van der Waals surface area (Å²) in [6.07, 6.45) is 1.74. The SMILES string of the molecule is CC(CO)Sc1ncccc1CN. The van der Waals surface area contributed by atoms with E-state index < -0.39 is 0 Å². The smallest absolute Gasteiger partial charge is 0.101 e. The lowest BCUT2D eigenvalue weighted by Gasteiger charge is -2.09. The number of rotatable bonds is 4. The molecule has 3 N–H and O–H groups in total. The summed E-state index contributed by atoms with van der Waals surface area (Å²) in [5.74, 6) is 0. The van der Waals surface area contributed by atoms with Crippen LogP contribution in [0.1, 0.15) is 12.5 Å². The molecule has 0 bridgehead atoms. The molecule has 0 spiro atoms. The minimum absolute atomic E-state index is 0.158. The second-order valence-corrected chi connectivity index (χ2v) is 4.21. The van der Waals surface area contributed by atoms with E-state index in [0.717, 1.165) is 10.6 Å². The fraction of sp³-hybridized carbons (Fsp3) is 0.444. The molecule has 1 atom stereocenters. The Kier molecular flexibility index (Phi) is 4.21. The topological polar surface area (TPSA) is 59.1 Å². The van der Waals surface area contributed by atoms with E-state index in [0.29, 0.717) is 6.54 Å². The highest BCUT2D eigenvalue weighted by Gasteiger charge is 2.07. The Balaban J connectivity index is 2.74. The van der Waals surface area contributed by atoms with Gasteiger partial charge in [-0.2, -0.15) is 0 Å². The number of aliphatic hydroxyl groups is 1. The molecule has 1 heterocycles. The summed E-state index contributed by atoms with van der Waals surface area (Å²) in [5.41, 5.74) is 6.59. The molecular weight excluding hydrogens is 184 g/mol. The largest absolute Gasteiger partial charge is 0.395 e. The molecule has 4 heteroatoms. The van der Waals surface area contributed by atoms with Gasteiger partial charge in [-0.05, 0) is 11.6 Å². The fourth-order valence-electron chi connectivity index (χ4n) is 0.913. The van der Waals surface area contributed by atoms with Gasteiger partial charge in [0, 0.05) is 18.0 Å². The molecule has 3 nitrogen and oxygen atoms in total. The molecule has 0 fully saturated rings. The highest BCUT2D eigenvalue weighted by atomic mass is 32.2. The van der Waals surface area contributed by atoms with Gasteiger partial charge in [-0.1, -0.05) is 13.0 Å². The Morgan fingerprint density at radius 2 is 2.46 bits per heavy atom. The van der Waals surface area contributed by atoms with Gasteiger partial charge < -0.3 is 10.8 Å². The van der Waals surface area contributed by atoms with Crippen molar-refractivity contribution in [2.45, 2.75) is 23.7 Å². The highest BCUT2D eigenvalue weighted by molar-refractivity contribution is 7.99. The summed E-state index contributed by atoms with van der Waals surface area (Å²) in [6, 6.07) is 3.83. The van der Waals surface area contributed by atoms with Crippen LogP contribution in [0.3, 0.4) is 0 Å². The Morgan fingerprint density at radius 3 is 3.08 bits per heavy atom. The van der Waals surface area contributed by atoms with Gasteiger partial charge in [-0.15, -0.1) is 11.8 Å². The first-order chi connectivity index (χ1) is 6.27. The lowest BCUT2D eigenvalue weighted by molar-refractivity contribution is 0.300. The first-order valence-electron chi connectivity index (χ1n) is 4.19. The van der Waals surface area contributed by atoms with Crippen LogP contribution in [-0.2, 0) is 6.54 Å². The number of pyridine rings is 1. The van der Waals surface area contributed by atoms with E-state index in [9.17, 15) is 0 Å². The van der Waals surface area contributed by atoms with Crippen molar-refractivity contribution in [2.24, 2.45) is 5.73 Å². The number of hydrogen-bond donors (Lipinski definition) is 2. The summed E-state index contributed by atoms with van der Waals surface area (Å²) < 4.78 is 0. The summed E-state index contributed by atoms with van der Waals surface area (Å²) in [7, 11) is 0.